The highest BCUT2D eigenvalue weighted by molar-refractivity contribution is 5.79. The number of hydrogen-bond donors (Lipinski definition) is 0. The fourth-order valence-corrected chi connectivity index (χ4v) is 3.93. The molecular weight excluding hydrogens is 260 g/mol. The van der Waals surface area contributed by atoms with Gasteiger partial charge in [-0.3, -0.25) is 4.79 Å². The lowest BCUT2D eigenvalue weighted by molar-refractivity contribution is -0.140. The van der Waals surface area contributed by atoms with Crippen molar-refractivity contribution >= 4 is 5.97 Å². The van der Waals surface area contributed by atoms with Crippen LogP contribution in [0.5, 0.6) is 5.75 Å². The highest BCUT2D eigenvalue weighted by atomic mass is 16.5. The first-order chi connectivity index (χ1) is 10.3. The average Bonchev–Trinajstić information content (AvgIpc) is 2.93. The van der Waals surface area contributed by atoms with E-state index in [0.29, 0.717) is 11.8 Å². The van der Waals surface area contributed by atoms with Crippen molar-refractivity contribution in [3.63, 3.8) is 0 Å². The normalized spacial score (nSPS) is 26.9. The number of rotatable bonds is 2. The zero-order valence-corrected chi connectivity index (χ0v) is 11.9. The van der Waals surface area contributed by atoms with Gasteiger partial charge in [-0.15, -0.1) is 0 Å². The minimum absolute atomic E-state index is 0.0331. The molecule has 3 unspecified atom stereocenters. The second-order valence-electron chi connectivity index (χ2n) is 6.20. The maximum absolute atomic E-state index is 12.2. The summed E-state index contributed by atoms with van der Waals surface area (Å²) in [6.45, 7) is 0. The fourth-order valence-electron chi connectivity index (χ4n) is 3.93. The average molecular weight is 278 g/mol. The van der Waals surface area contributed by atoms with Crippen LogP contribution in [-0.4, -0.2) is 5.97 Å². The zero-order chi connectivity index (χ0) is 14.2. The summed E-state index contributed by atoms with van der Waals surface area (Å²) in [5, 5.41) is 0. The van der Waals surface area contributed by atoms with Crippen LogP contribution in [0, 0.1) is 11.8 Å². The van der Waals surface area contributed by atoms with Crippen LogP contribution < -0.4 is 4.74 Å². The van der Waals surface area contributed by atoms with Gasteiger partial charge in [0.25, 0.3) is 0 Å². The molecule has 1 heterocycles. The molecule has 0 bridgehead atoms. The second-order valence-corrected chi connectivity index (χ2v) is 6.20. The van der Waals surface area contributed by atoms with Crippen LogP contribution >= 0.6 is 0 Å². The van der Waals surface area contributed by atoms with Gasteiger partial charge in [0.1, 0.15) is 5.75 Å². The third-order valence-corrected chi connectivity index (χ3v) is 4.86. The van der Waals surface area contributed by atoms with Crippen molar-refractivity contribution < 1.29 is 9.53 Å². The number of carbonyl (C=O) groups excluding carboxylic acids is 1. The van der Waals surface area contributed by atoms with E-state index in [1.165, 1.54) is 11.1 Å². The molecule has 2 aromatic rings. The van der Waals surface area contributed by atoms with Crippen LogP contribution in [0.3, 0.4) is 0 Å². The van der Waals surface area contributed by atoms with Crippen molar-refractivity contribution in [3.05, 3.63) is 65.7 Å². The van der Waals surface area contributed by atoms with E-state index in [9.17, 15) is 4.79 Å². The van der Waals surface area contributed by atoms with Gasteiger partial charge in [0, 0.05) is 5.92 Å². The minimum atomic E-state index is -0.0331. The standard InChI is InChI=1S/C19H18O2/c20-19-17-12-14(10-13-6-2-1-3-7-13)11-16(17)15-8-4-5-9-18(15)21-19/h1-9,14,16-17H,10-12H2. The van der Waals surface area contributed by atoms with E-state index in [0.717, 1.165) is 25.0 Å². The van der Waals surface area contributed by atoms with E-state index < -0.39 is 0 Å². The summed E-state index contributed by atoms with van der Waals surface area (Å²) in [4.78, 5) is 12.2. The molecule has 0 aromatic heterocycles. The molecule has 4 rings (SSSR count). The van der Waals surface area contributed by atoms with Gasteiger partial charge in [-0.25, -0.2) is 0 Å². The summed E-state index contributed by atoms with van der Waals surface area (Å²) in [6.07, 6.45) is 3.10. The smallest absolute Gasteiger partial charge is 0.314 e. The summed E-state index contributed by atoms with van der Waals surface area (Å²) >= 11 is 0. The first-order valence-corrected chi connectivity index (χ1v) is 7.66. The Morgan fingerprint density at radius 2 is 1.62 bits per heavy atom. The van der Waals surface area contributed by atoms with Crippen LogP contribution in [0.4, 0.5) is 0 Å². The van der Waals surface area contributed by atoms with Gasteiger partial charge in [0.15, 0.2) is 0 Å². The quantitative estimate of drug-likeness (QED) is 0.614. The van der Waals surface area contributed by atoms with Gasteiger partial charge in [-0.2, -0.15) is 0 Å². The first-order valence-electron chi connectivity index (χ1n) is 7.66. The van der Waals surface area contributed by atoms with Crippen molar-refractivity contribution in [2.45, 2.75) is 25.2 Å². The van der Waals surface area contributed by atoms with Crippen molar-refractivity contribution in [3.8, 4) is 5.75 Å². The SMILES string of the molecule is O=C1Oc2ccccc2C2CC(Cc3ccccc3)CC12. The molecule has 21 heavy (non-hydrogen) atoms. The molecule has 0 radical (unpaired) electrons. The molecule has 0 spiro atoms. The summed E-state index contributed by atoms with van der Waals surface area (Å²) in [7, 11) is 0. The van der Waals surface area contributed by atoms with Crippen molar-refractivity contribution in [1.29, 1.82) is 0 Å². The molecule has 2 aliphatic rings. The number of benzene rings is 2. The predicted molar refractivity (Wildman–Crippen MR) is 81.2 cm³/mol. The molecular formula is C19H18O2. The Bertz CT molecular complexity index is 662. The van der Waals surface area contributed by atoms with Gasteiger partial charge in [-0.05, 0) is 42.4 Å². The number of para-hydroxylation sites is 1. The highest BCUT2D eigenvalue weighted by Gasteiger charge is 2.44. The number of fused-ring (bicyclic) bond motifs is 3. The van der Waals surface area contributed by atoms with Crippen LogP contribution in [0.1, 0.15) is 29.9 Å². The number of esters is 1. The van der Waals surface area contributed by atoms with Gasteiger partial charge in [0.2, 0.25) is 0 Å². The predicted octanol–water partition coefficient (Wildman–Crippen LogP) is 3.96. The maximum Gasteiger partial charge on any atom is 0.314 e. The van der Waals surface area contributed by atoms with Crippen LogP contribution in [0.2, 0.25) is 0 Å². The Balaban J connectivity index is 1.58. The van der Waals surface area contributed by atoms with Crippen LogP contribution in [0.25, 0.3) is 0 Å². The summed E-state index contributed by atoms with van der Waals surface area (Å²) in [5.74, 6) is 1.70. The van der Waals surface area contributed by atoms with Crippen molar-refractivity contribution in [2.75, 3.05) is 0 Å². The molecule has 1 fully saturated rings. The van der Waals surface area contributed by atoms with E-state index in [1.807, 2.05) is 24.3 Å². The van der Waals surface area contributed by atoms with Gasteiger partial charge < -0.3 is 4.74 Å². The number of hydrogen-bond acceptors (Lipinski definition) is 2. The van der Waals surface area contributed by atoms with E-state index in [4.69, 9.17) is 4.74 Å². The number of ether oxygens (including phenoxy) is 1. The fraction of sp³-hybridized carbons (Fsp3) is 0.316. The Kier molecular flexibility index (Phi) is 3.03. The zero-order valence-electron chi connectivity index (χ0n) is 11.9. The monoisotopic (exact) mass is 278 g/mol. The van der Waals surface area contributed by atoms with E-state index >= 15 is 0 Å². The summed E-state index contributed by atoms with van der Waals surface area (Å²) < 4.78 is 5.51. The summed E-state index contributed by atoms with van der Waals surface area (Å²) in [5.41, 5.74) is 2.58. The van der Waals surface area contributed by atoms with E-state index in [1.54, 1.807) is 0 Å². The van der Waals surface area contributed by atoms with Crippen molar-refractivity contribution in [1.82, 2.24) is 0 Å². The molecule has 0 amide bonds. The molecule has 1 saturated carbocycles. The van der Waals surface area contributed by atoms with Gasteiger partial charge in [-0.1, -0.05) is 48.5 Å². The Hall–Kier alpha value is -2.09. The molecule has 1 aliphatic heterocycles. The Morgan fingerprint density at radius 3 is 2.48 bits per heavy atom. The lowest BCUT2D eigenvalue weighted by Gasteiger charge is -2.26. The van der Waals surface area contributed by atoms with E-state index in [2.05, 4.69) is 30.3 Å². The Morgan fingerprint density at radius 1 is 0.905 bits per heavy atom. The third-order valence-electron chi connectivity index (χ3n) is 4.86. The second kappa shape index (κ2) is 5.03. The molecule has 0 N–H and O–H groups in total. The Labute approximate surface area is 124 Å². The molecule has 2 nitrogen and oxygen atoms in total. The molecule has 1 aliphatic carbocycles. The molecule has 2 aromatic carbocycles. The van der Waals surface area contributed by atoms with Crippen LogP contribution in [0.15, 0.2) is 54.6 Å². The van der Waals surface area contributed by atoms with Gasteiger partial charge >= 0.3 is 5.97 Å². The summed E-state index contributed by atoms with van der Waals surface area (Å²) in [6, 6.07) is 18.6. The topological polar surface area (TPSA) is 26.3 Å². The van der Waals surface area contributed by atoms with Crippen molar-refractivity contribution in [2.24, 2.45) is 11.8 Å². The van der Waals surface area contributed by atoms with Crippen LogP contribution in [-0.2, 0) is 11.2 Å². The minimum Gasteiger partial charge on any atom is -0.426 e. The molecule has 0 saturated heterocycles. The molecule has 2 heteroatoms. The molecule has 106 valence electrons. The largest absolute Gasteiger partial charge is 0.426 e. The third kappa shape index (κ3) is 2.25. The highest BCUT2D eigenvalue weighted by Crippen LogP contribution is 2.50. The maximum atomic E-state index is 12.2. The van der Waals surface area contributed by atoms with E-state index in [-0.39, 0.29) is 11.9 Å². The van der Waals surface area contributed by atoms with Gasteiger partial charge in [0.05, 0.1) is 5.92 Å². The molecule has 3 atom stereocenters. The lowest BCUT2D eigenvalue weighted by Crippen LogP contribution is -2.28. The first kappa shape index (κ1) is 12.6. The number of carbonyl (C=O) groups is 1. The lowest BCUT2D eigenvalue weighted by atomic mass is 9.86.